The van der Waals surface area contributed by atoms with Crippen LogP contribution in [0.5, 0.6) is 0 Å². The second-order valence-corrected chi connectivity index (χ2v) is 6.57. The maximum absolute atomic E-state index is 12.8. The number of hydrogen-bond acceptors (Lipinski definition) is 4. The Kier molecular flexibility index (Phi) is 5.76. The molecule has 1 atom stereocenters. The molecule has 0 saturated heterocycles. The van der Waals surface area contributed by atoms with Crippen molar-refractivity contribution in [1.82, 2.24) is 14.8 Å². The molecule has 1 aromatic carbocycles. The molecule has 0 aliphatic carbocycles. The fourth-order valence-corrected chi connectivity index (χ4v) is 2.82. The highest BCUT2D eigenvalue weighted by atomic mass is 32.2. The smallest absolute Gasteiger partial charge is 0.138 e. The normalized spacial score (nSPS) is 12.8. The molecule has 0 aliphatic heterocycles. The average molecular weight is 308 g/mol. The highest BCUT2D eigenvalue weighted by molar-refractivity contribution is 7.99. The van der Waals surface area contributed by atoms with Gasteiger partial charge in [0, 0.05) is 29.7 Å². The SMILES string of the molecule is CC(C)Cn1ncnc1CC(N)CSc1ccc(F)cc1. The van der Waals surface area contributed by atoms with Gasteiger partial charge >= 0.3 is 0 Å². The van der Waals surface area contributed by atoms with Crippen LogP contribution in [0.4, 0.5) is 4.39 Å². The Morgan fingerprint density at radius 2 is 2.00 bits per heavy atom. The molecule has 0 spiro atoms. The first-order valence-electron chi connectivity index (χ1n) is 7.05. The molecule has 2 rings (SSSR count). The minimum atomic E-state index is -0.217. The number of halogens is 1. The molecule has 0 fully saturated rings. The molecule has 0 amide bonds. The number of benzene rings is 1. The van der Waals surface area contributed by atoms with Crippen LogP contribution in [0.15, 0.2) is 35.5 Å². The van der Waals surface area contributed by atoms with Crippen molar-refractivity contribution in [2.75, 3.05) is 5.75 Å². The summed E-state index contributed by atoms with van der Waals surface area (Å²) < 4.78 is 14.8. The van der Waals surface area contributed by atoms with Gasteiger partial charge in [-0.1, -0.05) is 13.8 Å². The molecule has 1 aromatic heterocycles. The van der Waals surface area contributed by atoms with Gasteiger partial charge in [0.2, 0.25) is 0 Å². The molecule has 1 heterocycles. The Morgan fingerprint density at radius 3 is 2.67 bits per heavy atom. The lowest BCUT2D eigenvalue weighted by atomic mass is 10.2. The van der Waals surface area contributed by atoms with E-state index < -0.39 is 0 Å². The van der Waals surface area contributed by atoms with E-state index in [1.807, 2.05) is 4.68 Å². The van der Waals surface area contributed by atoms with E-state index in [2.05, 4.69) is 23.9 Å². The van der Waals surface area contributed by atoms with Gasteiger partial charge in [-0.3, -0.25) is 0 Å². The first-order valence-corrected chi connectivity index (χ1v) is 8.03. The molecule has 0 aliphatic rings. The second-order valence-electron chi connectivity index (χ2n) is 5.48. The van der Waals surface area contributed by atoms with Crippen LogP contribution < -0.4 is 5.73 Å². The number of nitrogens with two attached hydrogens (primary N) is 1. The predicted octanol–water partition coefficient (Wildman–Crippen LogP) is 2.74. The minimum absolute atomic E-state index is 0.00448. The van der Waals surface area contributed by atoms with Crippen molar-refractivity contribution in [1.29, 1.82) is 0 Å². The fourth-order valence-electron chi connectivity index (χ4n) is 1.97. The lowest BCUT2D eigenvalue weighted by molar-refractivity contribution is 0.461. The summed E-state index contributed by atoms with van der Waals surface area (Å²) in [4.78, 5) is 5.31. The second kappa shape index (κ2) is 7.56. The lowest BCUT2D eigenvalue weighted by Gasteiger charge is -2.13. The molecule has 6 heteroatoms. The van der Waals surface area contributed by atoms with Crippen molar-refractivity contribution in [3.8, 4) is 0 Å². The summed E-state index contributed by atoms with van der Waals surface area (Å²) in [5.41, 5.74) is 6.17. The average Bonchev–Trinajstić information content (AvgIpc) is 2.84. The van der Waals surface area contributed by atoms with Crippen molar-refractivity contribution in [2.24, 2.45) is 11.7 Å². The van der Waals surface area contributed by atoms with Gasteiger partial charge in [-0.15, -0.1) is 11.8 Å². The Balaban J connectivity index is 1.85. The van der Waals surface area contributed by atoms with Crippen LogP contribution in [0.1, 0.15) is 19.7 Å². The molecule has 0 bridgehead atoms. The molecule has 0 saturated carbocycles. The van der Waals surface area contributed by atoms with E-state index in [9.17, 15) is 4.39 Å². The van der Waals surface area contributed by atoms with Gasteiger partial charge in [0.25, 0.3) is 0 Å². The van der Waals surface area contributed by atoms with Crippen molar-refractivity contribution in [3.05, 3.63) is 42.2 Å². The minimum Gasteiger partial charge on any atom is -0.327 e. The first kappa shape index (κ1) is 16.0. The highest BCUT2D eigenvalue weighted by Gasteiger charge is 2.11. The van der Waals surface area contributed by atoms with Crippen LogP contribution in [0.3, 0.4) is 0 Å². The predicted molar refractivity (Wildman–Crippen MR) is 83.7 cm³/mol. The third-order valence-corrected chi connectivity index (χ3v) is 4.16. The zero-order valence-electron chi connectivity index (χ0n) is 12.4. The number of nitrogens with zero attached hydrogens (tertiary/aromatic N) is 3. The van der Waals surface area contributed by atoms with E-state index in [4.69, 9.17) is 5.73 Å². The van der Waals surface area contributed by atoms with Gasteiger partial charge in [0.05, 0.1) is 0 Å². The van der Waals surface area contributed by atoms with Gasteiger partial charge in [-0.05, 0) is 30.2 Å². The van der Waals surface area contributed by atoms with Crippen molar-refractivity contribution in [3.63, 3.8) is 0 Å². The fraction of sp³-hybridized carbons (Fsp3) is 0.467. The van der Waals surface area contributed by atoms with Crippen molar-refractivity contribution >= 4 is 11.8 Å². The summed E-state index contributed by atoms with van der Waals surface area (Å²) in [5, 5.41) is 4.24. The molecule has 2 aromatic rings. The van der Waals surface area contributed by atoms with Gasteiger partial charge in [-0.25, -0.2) is 14.1 Å². The van der Waals surface area contributed by atoms with E-state index in [-0.39, 0.29) is 11.9 Å². The molecular formula is C15H21FN4S. The number of hydrogen-bond donors (Lipinski definition) is 1. The van der Waals surface area contributed by atoms with Gasteiger partial charge < -0.3 is 5.73 Å². The zero-order valence-corrected chi connectivity index (χ0v) is 13.2. The quantitative estimate of drug-likeness (QED) is 0.799. The van der Waals surface area contributed by atoms with E-state index in [1.54, 1.807) is 30.2 Å². The van der Waals surface area contributed by atoms with E-state index in [0.29, 0.717) is 12.3 Å². The number of aromatic nitrogens is 3. The molecular weight excluding hydrogens is 287 g/mol. The third-order valence-electron chi connectivity index (χ3n) is 2.96. The molecule has 1 unspecified atom stereocenters. The topological polar surface area (TPSA) is 56.7 Å². The summed E-state index contributed by atoms with van der Waals surface area (Å²) in [7, 11) is 0. The summed E-state index contributed by atoms with van der Waals surface area (Å²) in [6.07, 6.45) is 2.28. The molecule has 21 heavy (non-hydrogen) atoms. The monoisotopic (exact) mass is 308 g/mol. The first-order chi connectivity index (χ1) is 10.0. The van der Waals surface area contributed by atoms with Crippen LogP contribution in [-0.4, -0.2) is 26.6 Å². The van der Waals surface area contributed by atoms with Crippen molar-refractivity contribution < 1.29 is 4.39 Å². The third kappa shape index (κ3) is 5.13. The Bertz CT molecular complexity index is 553. The van der Waals surface area contributed by atoms with Gasteiger partial charge in [-0.2, -0.15) is 5.10 Å². The maximum atomic E-state index is 12.8. The number of rotatable bonds is 7. The van der Waals surface area contributed by atoms with Crippen molar-refractivity contribution in [2.45, 2.75) is 37.8 Å². The Morgan fingerprint density at radius 1 is 1.29 bits per heavy atom. The summed E-state index contributed by atoms with van der Waals surface area (Å²) in [6.45, 7) is 5.15. The van der Waals surface area contributed by atoms with Gasteiger partial charge in [0.15, 0.2) is 0 Å². The largest absolute Gasteiger partial charge is 0.327 e. The van der Waals surface area contributed by atoms with Crippen LogP contribution in [-0.2, 0) is 13.0 Å². The van der Waals surface area contributed by atoms with E-state index >= 15 is 0 Å². The summed E-state index contributed by atoms with van der Waals surface area (Å²) in [6, 6.07) is 6.47. The summed E-state index contributed by atoms with van der Waals surface area (Å²) in [5.74, 6) is 2.00. The Labute approximate surface area is 128 Å². The number of thioether (sulfide) groups is 1. The molecule has 4 nitrogen and oxygen atoms in total. The van der Waals surface area contributed by atoms with E-state index in [0.717, 1.165) is 23.0 Å². The molecule has 2 N–H and O–H groups in total. The standard InChI is InChI=1S/C15H21FN4S/c1-11(2)8-20-15(18-10-19-20)7-13(17)9-21-14-5-3-12(16)4-6-14/h3-6,10-11,13H,7-9,17H2,1-2H3. The highest BCUT2D eigenvalue weighted by Crippen LogP contribution is 2.19. The Hall–Kier alpha value is -1.40. The van der Waals surface area contributed by atoms with Crippen LogP contribution >= 0.6 is 11.8 Å². The van der Waals surface area contributed by atoms with Gasteiger partial charge in [0.1, 0.15) is 18.0 Å². The maximum Gasteiger partial charge on any atom is 0.138 e. The summed E-state index contributed by atoms with van der Waals surface area (Å²) >= 11 is 1.63. The van der Waals surface area contributed by atoms with Crippen LogP contribution in [0, 0.1) is 11.7 Å². The van der Waals surface area contributed by atoms with Crippen LogP contribution in [0.2, 0.25) is 0 Å². The zero-order chi connectivity index (χ0) is 15.2. The lowest BCUT2D eigenvalue weighted by Crippen LogP contribution is -2.27. The molecule has 114 valence electrons. The van der Waals surface area contributed by atoms with Crippen LogP contribution in [0.25, 0.3) is 0 Å². The van der Waals surface area contributed by atoms with E-state index in [1.165, 1.54) is 12.1 Å². The molecule has 0 radical (unpaired) electrons.